The highest BCUT2D eigenvalue weighted by Crippen LogP contribution is 2.30. The second kappa shape index (κ2) is 21.2. The number of carbonyl (C=O) groups excluding carboxylic acids is 4. The number of benzene rings is 1. The summed E-state index contributed by atoms with van der Waals surface area (Å²) in [6, 6.07) is 3.69. The summed E-state index contributed by atoms with van der Waals surface area (Å²) in [5.41, 5.74) is 0.558. The molecule has 0 spiro atoms. The first kappa shape index (κ1) is 35.5. The van der Waals surface area contributed by atoms with Crippen LogP contribution in [0.3, 0.4) is 0 Å². The molecule has 41 heavy (non-hydrogen) atoms. The van der Waals surface area contributed by atoms with E-state index in [1.54, 1.807) is 6.07 Å². The fourth-order valence-electron chi connectivity index (χ4n) is 3.36. The Balaban J connectivity index is 2.91. The second-order valence-corrected chi connectivity index (χ2v) is 9.63. The van der Waals surface area contributed by atoms with E-state index in [4.69, 9.17) is 33.2 Å². The van der Waals surface area contributed by atoms with E-state index in [2.05, 4.69) is 5.32 Å². The normalized spacial score (nSPS) is 11.4. The molecule has 0 amide bonds. The number of carbonyl (C=O) groups is 4. The summed E-state index contributed by atoms with van der Waals surface area (Å²) in [4.78, 5) is 48.5. The van der Waals surface area contributed by atoms with Gasteiger partial charge in [-0.1, -0.05) is 59.4 Å². The summed E-state index contributed by atoms with van der Waals surface area (Å²) in [5.74, 6) is -0.500. The molecular weight excluding hydrogens is 538 g/mol. The fraction of sp³-hybridized carbons (Fsp3) is 0.655. The van der Waals surface area contributed by atoms with E-state index in [0.717, 1.165) is 25.7 Å². The van der Waals surface area contributed by atoms with Gasteiger partial charge in [-0.2, -0.15) is 0 Å². The van der Waals surface area contributed by atoms with Gasteiger partial charge < -0.3 is 38.5 Å². The van der Waals surface area contributed by atoms with Gasteiger partial charge in [-0.3, -0.25) is 4.79 Å². The van der Waals surface area contributed by atoms with Gasteiger partial charge in [0.25, 0.3) is 0 Å². The predicted molar refractivity (Wildman–Crippen MR) is 149 cm³/mol. The lowest BCUT2D eigenvalue weighted by atomic mass is 10.1. The fourth-order valence-corrected chi connectivity index (χ4v) is 3.36. The monoisotopic (exact) mass is 583 g/mol. The van der Waals surface area contributed by atoms with Crippen molar-refractivity contribution in [2.45, 2.75) is 78.7 Å². The van der Waals surface area contributed by atoms with Gasteiger partial charge in [0.2, 0.25) is 0 Å². The molecule has 1 aromatic carbocycles. The molecule has 1 N–H and O–H groups in total. The van der Waals surface area contributed by atoms with Gasteiger partial charge in [0.05, 0.1) is 26.9 Å². The third-order valence-corrected chi connectivity index (χ3v) is 5.50. The van der Waals surface area contributed by atoms with Gasteiger partial charge in [0.15, 0.2) is 11.5 Å². The topological polar surface area (TPSA) is 145 Å². The summed E-state index contributed by atoms with van der Waals surface area (Å²) in [6.07, 6.45) is 2.55. The van der Waals surface area contributed by atoms with Gasteiger partial charge in [-0.05, 0) is 42.9 Å². The minimum Gasteiger partial charge on any atom is -0.468 e. The molecule has 0 saturated carbocycles. The number of nitrogens with one attached hydrogen (secondary N) is 1. The number of esters is 1. The van der Waals surface area contributed by atoms with Crippen LogP contribution in [0.2, 0.25) is 0 Å². The Bertz CT molecular complexity index is 935. The van der Waals surface area contributed by atoms with Crippen molar-refractivity contribution in [3.63, 3.8) is 0 Å². The van der Waals surface area contributed by atoms with Crippen LogP contribution in [0, 0.1) is 5.92 Å². The van der Waals surface area contributed by atoms with Crippen LogP contribution >= 0.6 is 0 Å². The van der Waals surface area contributed by atoms with Crippen molar-refractivity contribution in [3.8, 4) is 11.5 Å². The van der Waals surface area contributed by atoms with Crippen LogP contribution in [0.4, 0.5) is 14.4 Å². The summed E-state index contributed by atoms with van der Waals surface area (Å²) >= 11 is 0. The Morgan fingerprint density at radius 3 is 1.90 bits per heavy atom. The van der Waals surface area contributed by atoms with E-state index >= 15 is 0 Å². The van der Waals surface area contributed by atoms with Crippen LogP contribution in [0.15, 0.2) is 18.2 Å². The first-order valence-electron chi connectivity index (χ1n) is 14.1. The average Bonchev–Trinajstić information content (AvgIpc) is 2.94. The summed E-state index contributed by atoms with van der Waals surface area (Å²) in [7, 11) is 1.25. The molecule has 1 rings (SSSR count). The number of rotatable bonds is 19. The predicted octanol–water partition coefficient (Wildman–Crippen LogP) is 5.58. The van der Waals surface area contributed by atoms with E-state index in [1.165, 1.54) is 19.2 Å². The molecule has 0 aliphatic heterocycles. The molecule has 1 atom stereocenters. The summed E-state index contributed by atoms with van der Waals surface area (Å²) < 4.78 is 35.7. The van der Waals surface area contributed by atoms with Crippen molar-refractivity contribution in [2.75, 3.05) is 40.1 Å². The zero-order valence-electron chi connectivity index (χ0n) is 24.9. The lowest BCUT2D eigenvalue weighted by molar-refractivity contribution is -0.143. The summed E-state index contributed by atoms with van der Waals surface area (Å²) in [6.45, 7) is 8.61. The second-order valence-electron chi connectivity index (χ2n) is 9.63. The maximum atomic E-state index is 12.4. The maximum Gasteiger partial charge on any atom is 0.513 e. The van der Waals surface area contributed by atoms with Crippen molar-refractivity contribution in [3.05, 3.63) is 23.8 Å². The molecule has 0 unspecified atom stereocenters. The smallest absolute Gasteiger partial charge is 0.468 e. The average molecular weight is 584 g/mol. The quantitative estimate of drug-likeness (QED) is 0.0939. The molecule has 0 aliphatic carbocycles. The number of hydrogen-bond acceptors (Lipinski definition) is 12. The molecule has 12 heteroatoms. The third kappa shape index (κ3) is 16.3. The van der Waals surface area contributed by atoms with Gasteiger partial charge in [0.1, 0.15) is 12.6 Å². The van der Waals surface area contributed by atoms with Crippen LogP contribution in [0.5, 0.6) is 11.5 Å². The standard InChI is InChI=1S/C29H45NO11/c1-6-8-10-15-36-28(33)40-24-13-12-22(19-25(24)41-29(34)37-16-11-9-7-2)18-23(26(31)35-5)30-14-17-38-27(32)39-20-21(3)4/h12-13,19,21,23,30H,6-11,14-18,20H2,1-5H3/t23-/m0/s1. The molecule has 0 aromatic heterocycles. The number of hydrogen-bond donors (Lipinski definition) is 1. The highest BCUT2D eigenvalue weighted by atomic mass is 16.7. The van der Waals surface area contributed by atoms with Crippen LogP contribution in [0.1, 0.15) is 71.8 Å². The Hall–Kier alpha value is -3.54. The molecule has 1 aromatic rings. The zero-order valence-corrected chi connectivity index (χ0v) is 24.9. The van der Waals surface area contributed by atoms with Crippen LogP contribution in [-0.2, 0) is 34.9 Å². The molecule has 0 heterocycles. The Morgan fingerprint density at radius 1 is 0.756 bits per heavy atom. The van der Waals surface area contributed by atoms with E-state index in [-0.39, 0.29) is 56.8 Å². The molecule has 0 fully saturated rings. The number of unbranched alkanes of at least 4 members (excludes halogenated alkanes) is 4. The first-order chi connectivity index (χ1) is 19.7. The van der Waals surface area contributed by atoms with Crippen LogP contribution < -0.4 is 14.8 Å². The van der Waals surface area contributed by atoms with E-state index in [0.29, 0.717) is 18.4 Å². The molecule has 232 valence electrons. The highest BCUT2D eigenvalue weighted by molar-refractivity contribution is 5.76. The SMILES string of the molecule is CCCCCOC(=O)Oc1ccc(C[C@H](NCCOC(=O)OCC(C)C)C(=O)OC)cc1OC(=O)OCCCCC. The lowest BCUT2D eigenvalue weighted by Crippen LogP contribution is -2.41. The first-order valence-corrected chi connectivity index (χ1v) is 14.1. The molecule has 12 nitrogen and oxygen atoms in total. The van der Waals surface area contributed by atoms with Crippen molar-refractivity contribution >= 4 is 24.4 Å². The highest BCUT2D eigenvalue weighted by Gasteiger charge is 2.22. The van der Waals surface area contributed by atoms with Gasteiger partial charge >= 0.3 is 24.4 Å². The number of ether oxygens (including phenoxy) is 7. The van der Waals surface area contributed by atoms with Crippen LogP contribution in [-0.4, -0.2) is 70.6 Å². The largest absolute Gasteiger partial charge is 0.513 e. The van der Waals surface area contributed by atoms with Gasteiger partial charge in [0, 0.05) is 6.54 Å². The third-order valence-electron chi connectivity index (χ3n) is 5.50. The van der Waals surface area contributed by atoms with E-state index in [9.17, 15) is 19.2 Å². The van der Waals surface area contributed by atoms with Crippen molar-refractivity contribution in [1.82, 2.24) is 5.32 Å². The van der Waals surface area contributed by atoms with E-state index < -0.39 is 30.5 Å². The Morgan fingerprint density at radius 2 is 1.34 bits per heavy atom. The molecule has 0 aliphatic rings. The zero-order chi connectivity index (χ0) is 30.5. The number of methoxy groups -OCH3 is 1. The van der Waals surface area contributed by atoms with E-state index in [1.807, 2.05) is 27.7 Å². The lowest BCUT2D eigenvalue weighted by Gasteiger charge is -2.18. The Labute approximate surface area is 242 Å². The minimum atomic E-state index is -0.955. The van der Waals surface area contributed by atoms with Crippen LogP contribution in [0.25, 0.3) is 0 Å². The van der Waals surface area contributed by atoms with Crippen molar-refractivity contribution in [2.24, 2.45) is 5.92 Å². The van der Waals surface area contributed by atoms with Crippen molar-refractivity contribution in [1.29, 1.82) is 0 Å². The molecular formula is C29H45NO11. The minimum absolute atomic E-state index is 0.0319. The summed E-state index contributed by atoms with van der Waals surface area (Å²) in [5, 5.41) is 2.97. The molecule has 0 saturated heterocycles. The van der Waals surface area contributed by atoms with Crippen molar-refractivity contribution < 1.29 is 52.3 Å². The molecule has 0 radical (unpaired) electrons. The maximum absolute atomic E-state index is 12.4. The van der Waals surface area contributed by atoms with Gasteiger partial charge in [-0.25, -0.2) is 14.4 Å². The Kier molecular flexibility index (Phi) is 18.4. The van der Waals surface area contributed by atoms with Gasteiger partial charge in [-0.15, -0.1) is 0 Å². The molecule has 0 bridgehead atoms.